The standard InChI is InChI=1S/C28H31BrN4O3.C26H27BrN4O3.C25H26BrN5O3.C22H22BrN3O/c1-3-35-25(34)16-19-10-12-33(13-11-19)14-15-36-32-27-21-6-4-5-7-23(21)31-28(27)26-18(2)30-24-9-8-20(29)17-22(24)26;1-16-24(20-15-18(27)6-7-22(20)28-16)26-25(19-4-2-3-5-21(19)29-26)30-34-13-12-31-10-8-17(9-11-31)14-23(32)33;1-16-23(19-14-17(26)6-7-21(19)27-16)25-24(18-4-2-3-5-20(18)28-25)29-34-13-12-30-8-10-31(11-9-30)15-22(32)33;1-3-4-7-12-27-26-21-16-8-5-6-9-18(16)25-22(21)20-14(2)24-19-11-10-15(23)13-17(19)20/h4-9,17,19,31-32H,2-3,10-16H2,1H3;2-7,15,17,29-30H,1,8-14H2,(H,32,33);2-7,14,28-29H,1,8-13,15H2,(H,32,33);5-6,8-11,13,25-26H,2-4,7,12H2,1H3/p+2. The summed E-state index contributed by atoms with van der Waals surface area (Å²) in [7, 11) is 0. The number of carboxylic acid groups (broad SMARTS) is 2. The zero-order chi connectivity index (χ0) is 91.2. The van der Waals surface area contributed by atoms with E-state index in [1.165, 1.54) is 16.2 Å². The second-order valence-electron chi connectivity index (χ2n) is 33.6. The lowest BCUT2D eigenvalue weighted by Gasteiger charge is -2.33. The highest BCUT2D eigenvalue weighted by Gasteiger charge is 2.31. The highest BCUT2D eigenvalue weighted by molar-refractivity contribution is 9.11. The minimum atomic E-state index is -0.777. The second kappa shape index (κ2) is 43.4. The number of fused-ring (bicyclic) bond motifs is 8. The van der Waals surface area contributed by atoms with Gasteiger partial charge in [-0.05, 0) is 122 Å². The van der Waals surface area contributed by atoms with Gasteiger partial charge in [0.05, 0.1) is 142 Å². The number of likely N-dealkylation sites (tertiary alicyclic amines) is 2. The lowest BCUT2D eigenvalue weighted by Crippen LogP contribution is -3.13. The Labute approximate surface area is 791 Å². The summed E-state index contributed by atoms with van der Waals surface area (Å²) in [6, 6.07) is 56.9. The average molecular weight is 2030 g/mol. The number of aliphatic carboxylic acids is 2. The van der Waals surface area contributed by atoms with Gasteiger partial charge < -0.3 is 44.7 Å². The molecular weight excluding hydrogens is 1920 g/mol. The van der Waals surface area contributed by atoms with Crippen molar-refractivity contribution in [2.45, 2.75) is 71.6 Å². The van der Waals surface area contributed by atoms with E-state index in [9.17, 15) is 14.4 Å². The number of quaternary nitrogens is 2. The number of nitrogens with zero attached hydrogens (tertiary/aromatic N) is 6. The van der Waals surface area contributed by atoms with Crippen molar-refractivity contribution in [3.63, 3.8) is 0 Å². The summed E-state index contributed by atoms with van der Waals surface area (Å²) in [6.07, 6.45) is 8.21. The zero-order valence-corrected chi connectivity index (χ0v) is 79.7. The first kappa shape index (κ1) is 93.0. The van der Waals surface area contributed by atoms with E-state index in [0.29, 0.717) is 57.0 Å². The largest absolute Gasteiger partial charge is 0.481 e. The predicted molar refractivity (Wildman–Crippen MR) is 528 cm³/mol. The molecular formula is C101H108Br4N16O10+2. The molecule has 26 nitrogen and oxygen atoms in total. The van der Waals surface area contributed by atoms with Gasteiger partial charge in [-0.25, -0.2) is 20.0 Å². The lowest BCUT2D eigenvalue weighted by molar-refractivity contribution is -0.906. The Bertz CT molecular complexity index is 6710. The number of unbranched alkanes of at least 4 members (excludes halogenated alkanes) is 2. The highest BCUT2D eigenvalue weighted by atomic mass is 79.9. The molecule has 8 aromatic carbocycles. The minimum absolute atomic E-state index is 0.0707. The van der Waals surface area contributed by atoms with Gasteiger partial charge in [0.25, 0.3) is 0 Å². The van der Waals surface area contributed by atoms with Crippen LogP contribution in [-0.4, -0.2) is 169 Å². The molecule has 12 aromatic rings. The second-order valence-corrected chi connectivity index (χ2v) is 37.2. The fourth-order valence-electron chi connectivity index (χ4n) is 18.1. The first-order chi connectivity index (χ1) is 63.7. The number of piperidine rings is 2. The number of nitrogens with one attached hydrogen (secondary N) is 10. The number of anilines is 4. The molecule has 3 fully saturated rings. The van der Waals surface area contributed by atoms with Crippen molar-refractivity contribution in [1.82, 2.24) is 29.7 Å². The number of ether oxygens (including phenoxy) is 1. The van der Waals surface area contributed by atoms with E-state index in [1.807, 2.05) is 121 Å². The molecule has 0 atom stereocenters. The van der Waals surface area contributed by atoms with Crippen LogP contribution in [0.1, 0.15) is 94.4 Å². The number of halogens is 4. The van der Waals surface area contributed by atoms with Crippen molar-refractivity contribution in [1.29, 1.82) is 0 Å². The summed E-state index contributed by atoms with van der Waals surface area (Å²) >= 11 is 14.3. The number of allylic oxidation sites excluding steroid dienone is 4. The molecule has 0 bridgehead atoms. The van der Waals surface area contributed by atoms with Crippen LogP contribution in [0.2, 0.25) is 0 Å². The average Bonchev–Trinajstić information content (AvgIpc) is 1.62. The number of aromatic amines is 4. The predicted octanol–water partition coefficient (Wildman–Crippen LogP) is 12.4. The number of H-pyrrole nitrogens is 4. The normalized spacial score (nSPS) is 17.5. The summed E-state index contributed by atoms with van der Waals surface area (Å²) in [6.45, 7) is 33.5. The van der Waals surface area contributed by atoms with Crippen LogP contribution in [-0.2, 0) is 38.5 Å². The smallest absolute Gasteiger partial charge is 0.317 e. The maximum atomic E-state index is 11.8. The molecule has 0 radical (unpaired) electrons. The van der Waals surface area contributed by atoms with Gasteiger partial charge in [0.2, 0.25) is 0 Å². The van der Waals surface area contributed by atoms with Gasteiger partial charge in [-0.2, -0.15) is 0 Å². The van der Waals surface area contributed by atoms with Crippen molar-refractivity contribution in [2.75, 3.05) is 133 Å². The fourth-order valence-corrected chi connectivity index (χ4v) is 19.6. The molecule has 0 amide bonds. The lowest BCUT2D eigenvalue weighted by atomic mass is 9.94. The number of carboxylic acids is 2. The Morgan fingerprint density at radius 1 is 0.420 bits per heavy atom. The topological polar surface area (TPSA) is 314 Å². The van der Waals surface area contributed by atoms with Crippen LogP contribution in [0.3, 0.4) is 0 Å². The minimum Gasteiger partial charge on any atom is -0.481 e. The molecule has 678 valence electrons. The molecule has 7 aliphatic rings. The van der Waals surface area contributed by atoms with Crippen molar-refractivity contribution in [3.05, 3.63) is 302 Å². The summed E-state index contributed by atoms with van der Waals surface area (Å²) in [4.78, 5) is 97.3. The van der Waals surface area contributed by atoms with Crippen LogP contribution in [0.5, 0.6) is 0 Å². The number of hydrogen-bond donors (Lipinski definition) is 12. The molecule has 0 aliphatic carbocycles. The van der Waals surface area contributed by atoms with Gasteiger partial charge in [-0.3, -0.25) is 65.5 Å². The van der Waals surface area contributed by atoms with E-state index in [2.05, 4.69) is 224 Å². The summed E-state index contributed by atoms with van der Waals surface area (Å²) in [5, 5.41) is 30.0. The summed E-state index contributed by atoms with van der Waals surface area (Å²) in [5.74, 6) is -0.801. The zero-order valence-electron chi connectivity index (χ0n) is 73.4. The highest BCUT2D eigenvalue weighted by Crippen LogP contribution is 2.40. The molecule has 0 saturated carbocycles. The van der Waals surface area contributed by atoms with Crippen molar-refractivity contribution < 1.29 is 58.5 Å². The Kier molecular flexibility index (Phi) is 30.8. The van der Waals surface area contributed by atoms with Gasteiger partial charge in [0.1, 0.15) is 26.3 Å². The van der Waals surface area contributed by atoms with Crippen molar-refractivity contribution in [2.24, 2.45) is 31.8 Å². The third-order valence-electron chi connectivity index (χ3n) is 24.8. The van der Waals surface area contributed by atoms with Crippen LogP contribution in [0.4, 0.5) is 22.7 Å². The van der Waals surface area contributed by atoms with Crippen molar-refractivity contribution in [3.8, 4) is 0 Å². The first-order valence-corrected chi connectivity index (χ1v) is 47.9. The van der Waals surface area contributed by atoms with Crippen LogP contribution in [0.25, 0.3) is 65.9 Å². The van der Waals surface area contributed by atoms with E-state index >= 15 is 0 Å². The Hall–Kier alpha value is -11.2. The SMILES string of the molecule is C=C1N=c2ccc(Br)cc2=C1c1[nH]c2ccccc2c1NOCCCCC.C=C1N=c2ccc(Br)cc2=C1c1[nH]c2ccccc2c1NOCCN1CCN(CC(=O)O)CC1.C=C1N=c2ccc(Br)cc2=C1c1[nH]c2ccccc2c1NOCC[NH+]1CCC(CC(=O)O)CC1.C=C1N=c2ccc(Br)cc2=C1c1[nH]c2ccccc2c1NOCC[NH+]1CCC(CC(=O)OCC)CC1. The third-order valence-corrected chi connectivity index (χ3v) is 26.7. The number of hydrogen-bond acceptors (Lipinski definition) is 18. The Morgan fingerprint density at radius 3 is 1.07 bits per heavy atom. The van der Waals surface area contributed by atoms with Gasteiger partial charge in [-0.15, -0.1) is 0 Å². The van der Waals surface area contributed by atoms with E-state index < -0.39 is 11.9 Å². The quantitative estimate of drug-likeness (QED) is 0.0106. The maximum Gasteiger partial charge on any atom is 0.317 e. The van der Waals surface area contributed by atoms with E-state index in [-0.39, 0.29) is 18.9 Å². The number of carbonyl (C=O) groups excluding carboxylic acids is 1. The molecule has 131 heavy (non-hydrogen) atoms. The number of benzene rings is 8. The first-order valence-electron chi connectivity index (χ1n) is 44.7. The van der Waals surface area contributed by atoms with Gasteiger partial charge >= 0.3 is 17.9 Å². The number of aromatic nitrogens is 4. The van der Waals surface area contributed by atoms with Crippen LogP contribution < -0.4 is 74.0 Å². The number of rotatable bonds is 32. The molecule has 11 heterocycles. The van der Waals surface area contributed by atoms with Gasteiger partial charge in [0, 0.05) is 176 Å². The molecule has 0 spiro atoms. The van der Waals surface area contributed by atoms with Crippen LogP contribution in [0, 0.1) is 11.8 Å². The summed E-state index contributed by atoms with van der Waals surface area (Å²) in [5.41, 5.74) is 31.0. The third kappa shape index (κ3) is 22.3. The van der Waals surface area contributed by atoms with E-state index in [0.717, 1.165) is 299 Å². The molecule has 3 saturated heterocycles. The number of esters is 1. The monoisotopic (exact) mass is 2020 g/mol. The van der Waals surface area contributed by atoms with E-state index in [4.69, 9.17) is 34.3 Å². The van der Waals surface area contributed by atoms with Gasteiger partial charge in [0.15, 0.2) is 0 Å². The Balaban J connectivity index is 0.000000128. The van der Waals surface area contributed by atoms with Crippen LogP contribution in [0.15, 0.2) is 257 Å². The number of carbonyl (C=O) groups is 3. The molecule has 12 N–H and O–H groups in total. The number of piperazine rings is 1. The molecule has 7 aliphatic heterocycles. The number of para-hydroxylation sites is 4. The maximum absolute atomic E-state index is 11.8. The fraction of sp³-hybridized carbons (Fsp3) is 0.297. The molecule has 30 heteroatoms. The van der Waals surface area contributed by atoms with Crippen LogP contribution >= 0.6 is 63.7 Å². The van der Waals surface area contributed by atoms with Gasteiger partial charge in [-0.1, -0.05) is 183 Å². The van der Waals surface area contributed by atoms with Crippen molar-refractivity contribution >= 4 is 170 Å². The Morgan fingerprint density at radius 2 is 0.740 bits per heavy atom. The molecule has 0 unspecified atom stereocenters. The molecule has 4 aromatic heterocycles. The summed E-state index contributed by atoms with van der Waals surface area (Å²) < 4.78 is 9.10. The van der Waals surface area contributed by atoms with E-state index in [1.54, 1.807) is 0 Å². The molecule has 19 rings (SSSR count).